The van der Waals surface area contributed by atoms with Gasteiger partial charge in [-0.1, -0.05) is 12.1 Å². The SMILES string of the molecule is CC(CO)N(C)CCC(=O)Nc1cccc(CN)c1. The van der Waals surface area contributed by atoms with Crippen molar-refractivity contribution in [3.05, 3.63) is 29.8 Å². The molecule has 1 aromatic carbocycles. The Morgan fingerprint density at radius 2 is 2.26 bits per heavy atom. The Balaban J connectivity index is 2.42. The van der Waals surface area contributed by atoms with Crippen LogP contribution in [0.3, 0.4) is 0 Å². The second-order valence-electron chi connectivity index (χ2n) is 4.71. The molecular weight excluding hydrogens is 242 g/mol. The van der Waals surface area contributed by atoms with E-state index in [9.17, 15) is 4.79 Å². The Morgan fingerprint density at radius 1 is 1.53 bits per heavy atom. The fourth-order valence-electron chi connectivity index (χ4n) is 1.64. The van der Waals surface area contributed by atoms with E-state index in [0.717, 1.165) is 11.3 Å². The first-order valence-electron chi connectivity index (χ1n) is 6.46. The number of hydrogen-bond acceptors (Lipinski definition) is 4. The highest BCUT2D eigenvalue weighted by Gasteiger charge is 2.10. The molecule has 1 aromatic rings. The third-order valence-corrected chi connectivity index (χ3v) is 3.15. The van der Waals surface area contributed by atoms with Gasteiger partial charge in [-0.2, -0.15) is 0 Å². The fourth-order valence-corrected chi connectivity index (χ4v) is 1.64. The summed E-state index contributed by atoms with van der Waals surface area (Å²) >= 11 is 0. The molecule has 5 nitrogen and oxygen atoms in total. The summed E-state index contributed by atoms with van der Waals surface area (Å²) in [5, 5.41) is 11.9. The van der Waals surface area contributed by atoms with Crippen molar-refractivity contribution >= 4 is 11.6 Å². The molecule has 0 saturated heterocycles. The fraction of sp³-hybridized carbons (Fsp3) is 0.500. The Bertz CT molecular complexity index is 409. The molecule has 5 heteroatoms. The first-order chi connectivity index (χ1) is 9.06. The largest absolute Gasteiger partial charge is 0.395 e. The van der Waals surface area contributed by atoms with Crippen LogP contribution < -0.4 is 11.1 Å². The summed E-state index contributed by atoms with van der Waals surface area (Å²) in [5.41, 5.74) is 7.31. The Morgan fingerprint density at radius 3 is 2.89 bits per heavy atom. The number of anilines is 1. The van der Waals surface area contributed by atoms with E-state index in [-0.39, 0.29) is 18.6 Å². The van der Waals surface area contributed by atoms with Crippen LogP contribution in [-0.4, -0.2) is 42.2 Å². The minimum Gasteiger partial charge on any atom is -0.395 e. The average Bonchev–Trinajstić information content (AvgIpc) is 2.44. The third kappa shape index (κ3) is 5.38. The van der Waals surface area contributed by atoms with E-state index in [1.165, 1.54) is 0 Å². The minimum atomic E-state index is -0.0360. The highest BCUT2D eigenvalue weighted by atomic mass is 16.3. The lowest BCUT2D eigenvalue weighted by Crippen LogP contribution is -2.34. The van der Waals surface area contributed by atoms with Gasteiger partial charge in [-0.25, -0.2) is 0 Å². The Kier molecular flexibility index (Phi) is 6.49. The molecular formula is C14H23N3O2. The molecule has 19 heavy (non-hydrogen) atoms. The van der Waals surface area contributed by atoms with E-state index in [1.54, 1.807) is 0 Å². The number of nitrogens with one attached hydrogen (secondary N) is 1. The smallest absolute Gasteiger partial charge is 0.225 e. The molecule has 0 aliphatic rings. The van der Waals surface area contributed by atoms with E-state index in [2.05, 4.69) is 5.32 Å². The Labute approximate surface area is 114 Å². The minimum absolute atomic E-state index is 0.0360. The summed E-state index contributed by atoms with van der Waals surface area (Å²) in [7, 11) is 1.89. The number of benzene rings is 1. The van der Waals surface area contributed by atoms with Gasteiger partial charge in [-0.15, -0.1) is 0 Å². The lowest BCUT2D eigenvalue weighted by Gasteiger charge is -2.22. The Hall–Kier alpha value is -1.43. The van der Waals surface area contributed by atoms with Crippen LogP contribution >= 0.6 is 0 Å². The first kappa shape index (κ1) is 15.6. The molecule has 1 rings (SSSR count). The maximum Gasteiger partial charge on any atom is 0.225 e. The average molecular weight is 265 g/mol. The third-order valence-electron chi connectivity index (χ3n) is 3.15. The monoisotopic (exact) mass is 265 g/mol. The summed E-state index contributed by atoms with van der Waals surface area (Å²) in [6.07, 6.45) is 0.397. The van der Waals surface area contributed by atoms with Gasteiger partial charge in [0.1, 0.15) is 0 Å². The van der Waals surface area contributed by atoms with E-state index < -0.39 is 0 Å². The zero-order valence-corrected chi connectivity index (χ0v) is 11.6. The molecule has 0 spiro atoms. The van der Waals surface area contributed by atoms with Gasteiger partial charge in [0.15, 0.2) is 0 Å². The van der Waals surface area contributed by atoms with Crippen LogP contribution in [0.15, 0.2) is 24.3 Å². The number of aliphatic hydroxyl groups excluding tert-OH is 1. The summed E-state index contributed by atoms with van der Waals surface area (Å²) in [6, 6.07) is 7.58. The van der Waals surface area contributed by atoms with Crippen LogP contribution in [0.25, 0.3) is 0 Å². The predicted molar refractivity (Wildman–Crippen MR) is 76.8 cm³/mol. The summed E-state index contributed by atoms with van der Waals surface area (Å²) < 4.78 is 0. The standard InChI is InChI=1S/C14H23N3O2/c1-11(10-18)17(2)7-6-14(19)16-13-5-3-4-12(8-13)9-15/h3-5,8,11,18H,6-7,9-10,15H2,1-2H3,(H,16,19). The number of hydrogen-bond donors (Lipinski definition) is 3. The van der Waals surface area contributed by atoms with Crippen LogP contribution in [0, 0.1) is 0 Å². The van der Waals surface area contributed by atoms with E-state index in [4.69, 9.17) is 10.8 Å². The van der Waals surface area contributed by atoms with Crippen molar-refractivity contribution < 1.29 is 9.90 Å². The lowest BCUT2D eigenvalue weighted by atomic mass is 10.2. The second kappa shape index (κ2) is 7.89. The van der Waals surface area contributed by atoms with Crippen molar-refractivity contribution in [1.82, 2.24) is 4.90 Å². The first-order valence-corrected chi connectivity index (χ1v) is 6.46. The molecule has 1 amide bonds. The van der Waals surface area contributed by atoms with Gasteiger partial charge in [-0.3, -0.25) is 4.79 Å². The van der Waals surface area contributed by atoms with Crippen molar-refractivity contribution in [2.24, 2.45) is 5.73 Å². The summed E-state index contributed by atoms with van der Waals surface area (Å²) in [6.45, 7) is 3.09. The molecule has 0 aromatic heterocycles. The number of rotatable bonds is 7. The number of carbonyl (C=O) groups excluding carboxylic acids is 1. The molecule has 0 bridgehead atoms. The maximum atomic E-state index is 11.8. The molecule has 1 atom stereocenters. The van der Waals surface area contributed by atoms with Crippen molar-refractivity contribution in [2.75, 3.05) is 25.5 Å². The summed E-state index contributed by atoms with van der Waals surface area (Å²) in [4.78, 5) is 13.8. The van der Waals surface area contributed by atoms with Crippen LogP contribution in [0.4, 0.5) is 5.69 Å². The van der Waals surface area contributed by atoms with Gasteiger partial charge in [0, 0.05) is 31.2 Å². The van der Waals surface area contributed by atoms with Gasteiger partial charge in [-0.05, 0) is 31.7 Å². The van der Waals surface area contributed by atoms with Crippen molar-refractivity contribution in [2.45, 2.75) is 25.9 Å². The van der Waals surface area contributed by atoms with Crippen molar-refractivity contribution in [3.63, 3.8) is 0 Å². The van der Waals surface area contributed by atoms with Crippen LogP contribution in [0.5, 0.6) is 0 Å². The van der Waals surface area contributed by atoms with Gasteiger partial charge in [0.25, 0.3) is 0 Å². The number of carbonyl (C=O) groups is 1. The van der Waals surface area contributed by atoms with Crippen molar-refractivity contribution in [3.8, 4) is 0 Å². The highest BCUT2D eigenvalue weighted by Crippen LogP contribution is 2.10. The molecule has 0 fully saturated rings. The number of aliphatic hydroxyl groups is 1. The van der Waals surface area contributed by atoms with E-state index >= 15 is 0 Å². The molecule has 0 saturated carbocycles. The number of nitrogens with zero attached hydrogens (tertiary/aromatic N) is 1. The highest BCUT2D eigenvalue weighted by molar-refractivity contribution is 5.90. The van der Waals surface area contributed by atoms with E-state index in [0.29, 0.717) is 19.5 Å². The van der Waals surface area contributed by atoms with Gasteiger partial charge in [0.05, 0.1) is 6.61 Å². The second-order valence-corrected chi connectivity index (χ2v) is 4.71. The topological polar surface area (TPSA) is 78.6 Å². The zero-order chi connectivity index (χ0) is 14.3. The van der Waals surface area contributed by atoms with Gasteiger partial charge < -0.3 is 21.1 Å². The lowest BCUT2D eigenvalue weighted by molar-refractivity contribution is -0.116. The maximum absolute atomic E-state index is 11.8. The summed E-state index contributed by atoms with van der Waals surface area (Å²) in [5.74, 6) is -0.0360. The van der Waals surface area contributed by atoms with E-state index in [1.807, 2.05) is 43.1 Å². The zero-order valence-electron chi connectivity index (χ0n) is 11.6. The van der Waals surface area contributed by atoms with Gasteiger partial charge in [0.2, 0.25) is 5.91 Å². The van der Waals surface area contributed by atoms with Crippen LogP contribution in [0.2, 0.25) is 0 Å². The molecule has 106 valence electrons. The molecule has 1 unspecified atom stereocenters. The number of nitrogens with two attached hydrogens (primary N) is 1. The normalized spacial score (nSPS) is 12.5. The van der Waals surface area contributed by atoms with Crippen LogP contribution in [0.1, 0.15) is 18.9 Å². The predicted octanol–water partition coefficient (Wildman–Crippen LogP) is 0.786. The van der Waals surface area contributed by atoms with Gasteiger partial charge >= 0.3 is 0 Å². The molecule has 0 aliphatic carbocycles. The van der Waals surface area contributed by atoms with Crippen LogP contribution in [-0.2, 0) is 11.3 Å². The molecule has 0 heterocycles. The molecule has 0 radical (unpaired) electrons. The number of amides is 1. The van der Waals surface area contributed by atoms with Crippen molar-refractivity contribution in [1.29, 1.82) is 0 Å². The quantitative estimate of drug-likeness (QED) is 0.681. The number of likely N-dealkylation sites (N-methyl/N-ethyl adjacent to an activating group) is 1. The molecule has 4 N–H and O–H groups in total. The molecule has 0 aliphatic heterocycles.